The van der Waals surface area contributed by atoms with Gasteiger partial charge in [0.2, 0.25) is 0 Å². The number of nitro benzene ring substituents is 1. The summed E-state index contributed by atoms with van der Waals surface area (Å²) >= 11 is 0. The molecule has 2 rings (SSSR count). The molecule has 0 N–H and O–H groups in total. The van der Waals surface area contributed by atoms with Gasteiger partial charge in [0.25, 0.3) is 5.69 Å². The second kappa shape index (κ2) is 5.37. The molecule has 108 valence electrons. The van der Waals surface area contributed by atoms with Crippen molar-refractivity contribution in [2.75, 3.05) is 6.61 Å². The molecule has 20 heavy (non-hydrogen) atoms. The summed E-state index contributed by atoms with van der Waals surface area (Å²) in [7, 11) is 0. The minimum Gasteiger partial charge on any atom is -0.371 e. The Kier molecular flexibility index (Phi) is 3.95. The number of hydrogen-bond acceptors (Lipinski definition) is 3. The maximum atomic E-state index is 10.6. The lowest BCUT2D eigenvalue weighted by Gasteiger charge is -2.40. The molecule has 0 radical (unpaired) electrons. The van der Waals surface area contributed by atoms with Crippen LogP contribution in [0.4, 0.5) is 5.69 Å². The molecule has 1 aliphatic heterocycles. The zero-order valence-corrected chi connectivity index (χ0v) is 12.3. The van der Waals surface area contributed by atoms with Gasteiger partial charge in [-0.25, -0.2) is 0 Å². The Morgan fingerprint density at radius 2 is 1.85 bits per heavy atom. The SMILES string of the molecule is CC1(C)CCC(C)(/C=C/c2ccc([N+](=O)[O-])cc2)OC1. The molecule has 1 unspecified atom stereocenters. The second-order valence-electron chi connectivity index (χ2n) is 6.45. The summed E-state index contributed by atoms with van der Waals surface area (Å²) in [5.74, 6) is 0. The Bertz CT molecular complexity index is 507. The number of ether oxygens (including phenoxy) is 1. The summed E-state index contributed by atoms with van der Waals surface area (Å²) in [6.07, 6.45) is 6.16. The third kappa shape index (κ3) is 3.67. The third-order valence-electron chi connectivity index (χ3n) is 3.82. The average molecular weight is 275 g/mol. The van der Waals surface area contributed by atoms with Crippen molar-refractivity contribution in [3.8, 4) is 0 Å². The van der Waals surface area contributed by atoms with Crippen molar-refractivity contribution in [2.45, 2.75) is 39.2 Å². The summed E-state index contributed by atoms with van der Waals surface area (Å²) in [5, 5.41) is 10.6. The van der Waals surface area contributed by atoms with Crippen LogP contribution in [-0.2, 0) is 4.74 Å². The quantitative estimate of drug-likeness (QED) is 0.613. The van der Waals surface area contributed by atoms with E-state index in [-0.39, 0.29) is 21.6 Å². The molecule has 1 aromatic carbocycles. The summed E-state index contributed by atoms with van der Waals surface area (Å²) in [6.45, 7) is 7.28. The maximum absolute atomic E-state index is 10.6. The number of hydrogen-bond donors (Lipinski definition) is 0. The second-order valence-corrected chi connectivity index (χ2v) is 6.45. The van der Waals surface area contributed by atoms with E-state index in [0.29, 0.717) is 0 Å². The van der Waals surface area contributed by atoms with Gasteiger partial charge < -0.3 is 4.74 Å². The summed E-state index contributed by atoms with van der Waals surface area (Å²) in [6, 6.07) is 6.55. The van der Waals surface area contributed by atoms with E-state index < -0.39 is 0 Å². The highest BCUT2D eigenvalue weighted by Crippen LogP contribution is 2.36. The lowest BCUT2D eigenvalue weighted by molar-refractivity contribution is -0.384. The molecular formula is C16H21NO3. The largest absolute Gasteiger partial charge is 0.371 e. The fraction of sp³-hybridized carbons (Fsp3) is 0.500. The van der Waals surface area contributed by atoms with Crippen LogP contribution < -0.4 is 0 Å². The van der Waals surface area contributed by atoms with Crippen LogP contribution in [0.5, 0.6) is 0 Å². The van der Waals surface area contributed by atoms with Gasteiger partial charge in [-0.05, 0) is 42.9 Å². The van der Waals surface area contributed by atoms with E-state index in [1.807, 2.05) is 6.08 Å². The number of nitro groups is 1. The summed E-state index contributed by atoms with van der Waals surface area (Å²) in [5.41, 5.74) is 1.08. The van der Waals surface area contributed by atoms with Crippen molar-refractivity contribution >= 4 is 11.8 Å². The minimum absolute atomic E-state index is 0.115. The Morgan fingerprint density at radius 3 is 2.35 bits per heavy atom. The van der Waals surface area contributed by atoms with Gasteiger partial charge in [-0.2, -0.15) is 0 Å². The standard InChI is InChI=1S/C16H21NO3/c1-15(2)10-11-16(3,20-12-15)9-8-13-4-6-14(7-5-13)17(18)19/h4-9H,10-12H2,1-3H3/b9-8+. The number of nitrogens with zero attached hydrogens (tertiary/aromatic N) is 1. The van der Waals surface area contributed by atoms with Gasteiger partial charge in [0, 0.05) is 12.1 Å². The predicted molar refractivity (Wildman–Crippen MR) is 79.5 cm³/mol. The smallest absolute Gasteiger partial charge is 0.269 e. The fourth-order valence-corrected chi connectivity index (χ4v) is 2.20. The third-order valence-corrected chi connectivity index (χ3v) is 3.82. The molecule has 0 saturated carbocycles. The van der Waals surface area contributed by atoms with Gasteiger partial charge in [-0.1, -0.05) is 26.0 Å². The normalized spacial score (nSPS) is 25.8. The molecule has 4 nitrogen and oxygen atoms in total. The highest BCUT2D eigenvalue weighted by Gasteiger charge is 2.33. The lowest BCUT2D eigenvalue weighted by atomic mass is 9.81. The number of rotatable bonds is 3. The first-order valence-corrected chi connectivity index (χ1v) is 6.87. The van der Waals surface area contributed by atoms with Gasteiger partial charge in [0.15, 0.2) is 0 Å². The first-order chi connectivity index (χ1) is 9.30. The molecule has 0 amide bonds. The van der Waals surface area contributed by atoms with Crippen LogP contribution in [0.15, 0.2) is 30.3 Å². The zero-order valence-electron chi connectivity index (χ0n) is 12.3. The number of benzene rings is 1. The molecule has 1 heterocycles. The maximum Gasteiger partial charge on any atom is 0.269 e. The van der Waals surface area contributed by atoms with Gasteiger partial charge >= 0.3 is 0 Å². The highest BCUT2D eigenvalue weighted by atomic mass is 16.6. The van der Waals surface area contributed by atoms with Crippen molar-refractivity contribution < 1.29 is 9.66 Å². The van der Waals surface area contributed by atoms with Crippen LogP contribution in [0, 0.1) is 15.5 Å². The molecule has 0 bridgehead atoms. The molecule has 0 aromatic heterocycles. The zero-order chi connectivity index (χ0) is 14.8. The van der Waals surface area contributed by atoms with Crippen LogP contribution in [0.3, 0.4) is 0 Å². The first kappa shape index (κ1) is 14.7. The first-order valence-electron chi connectivity index (χ1n) is 6.87. The fourth-order valence-electron chi connectivity index (χ4n) is 2.20. The van der Waals surface area contributed by atoms with Crippen LogP contribution in [-0.4, -0.2) is 17.1 Å². The van der Waals surface area contributed by atoms with Crippen LogP contribution in [0.2, 0.25) is 0 Å². The van der Waals surface area contributed by atoms with Gasteiger partial charge in [-0.15, -0.1) is 0 Å². The molecule has 1 fully saturated rings. The summed E-state index contributed by atoms with van der Waals surface area (Å²) < 4.78 is 5.97. The van der Waals surface area contributed by atoms with Crippen molar-refractivity contribution in [2.24, 2.45) is 5.41 Å². The van der Waals surface area contributed by atoms with Crippen LogP contribution in [0.1, 0.15) is 39.2 Å². The summed E-state index contributed by atoms with van der Waals surface area (Å²) in [4.78, 5) is 10.2. The Hall–Kier alpha value is -1.68. The van der Waals surface area contributed by atoms with Crippen molar-refractivity contribution in [3.63, 3.8) is 0 Å². The van der Waals surface area contributed by atoms with Crippen LogP contribution >= 0.6 is 0 Å². The Morgan fingerprint density at radius 1 is 1.20 bits per heavy atom. The molecule has 0 aliphatic carbocycles. The number of non-ortho nitro benzene ring substituents is 1. The highest BCUT2D eigenvalue weighted by molar-refractivity contribution is 5.52. The molecule has 1 atom stereocenters. The minimum atomic E-state index is -0.388. The lowest BCUT2D eigenvalue weighted by Crippen LogP contribution is -2.38. The van der Waals surface area contributed by atoms with E-state index in [9.17, 15) is 10.1 Å². The van der Waals surface area contributed by atoms with Gasteiger partial charge in [0.05, 0.1) is 17.1 Å². The van der Waals surface area contributed by atoms with Crippen molar-refractivity contribution in [1.82, 2.24) is 0 Å². The van der Waals surface area contributed by atoms with Crippen molar-refractivity contribution in [1.29, 1.82) is 0 Å². The van der Waals surface area contributed by atoms with E-state index in [0.717, 1.165) is 25.0 Å². The average Bonchev–Trinajstić information content (AvgIpc) is 2.41. The molecule has 1 aromatic rings. The molecular weight excluding hydrogens is 254 g/mol. The monoisotopic (exact) mass is 275 g/mol. The van der Waals surface area contributed by atoms with E-state index in [4.69, 9.17) is 4.74 Å². The Labute approximate surface area is 119 Å². The van der Waals surface area contributed by atoms with E-state index in [1.54, 1.807) is 12.1 Å². The van der Waals surface area contributed by atoms with Gasteiger partial charge in [0.1, 0.15) is 0 Å². The molecule has 4 heteroatoms. The van der Waals surface area contributed by atoms with E-state index >= 15 is 0 Å². The van der Waals surface area contributed by atoms with Gasteiger partial charge in [-0.3, -0.25) is 10.1 Å². The van der Waals surface area contributed by atoms with Crippen molar-refractivity contribution in [3.05, 3.63) is 46.0 Å². The molecule has 1 saturated heterocycles. The van der Waals surface area contributed by atoms with Crippen LogP contribution in [0.25, 0.3) is 6.08 Å². The van der Waals surface area contributed by atoms with E-state index in [1.165, 1.54) is 12.1 Å². The topological polar surface area (TPSA) is 52.4 Å². The molecule has 1 aliphatic rings. The predicted octanol–water partition coefficient (Wildman–Crippen LogP) is 4.20. The molecule has 0 spiro atoms. The Balaban J connectivity index is 2.04. The van der Waals surface area contributed by atoms with E-state index in [2.05, 4.69) is 26.8 Å².